The van der Waals surface area contributed by atoms with Crippen molar-refractivity contribution in [3.05, 3.63) is 89.0 Å². The first kappa shape index (κ1) is 27.6. The highest BCUT2D eigenvalue weighted by molar-refractivity contribution is 5.80. The first-order valence-corrected chi connectivity index (χ1v) is 11.5. The topological polar surface area (TPSA) is 65.1 Å². The van der Waals surface area contributed by atoms with Gasteiger partial charge in [0.05, 0.1) is 39.9 Å². The van der Waals surface area contributed by atoms with Gasteiger partial charge in [-0.05, 0) is 46.9 Å². The summed E-state index contributed by atoms with van der Waals surface area (Å²) < 4.78 is 55.0. The van der Waals surface area contributed by atoms with Gasteiger partial charge in [-0.3, -0.25) is 4.79 Å². The molecule has 0 aliphatic heterocycles. The fraction of sp³-hybridized carbons (Fsp3) is 0.286. The molecule has 0 saturated heterocycles. The van der Waals surface area contributed by atoms with Crippen molar-refractivity contribution in [3.63, 3.8) is 0 Å². The summed E-state index contributed by atoms with van der Waals surface area (Å²) in [6.07, 6.45) is -4.63. The van der Waals surface area contributed by atoms with E-state index in [1.54, 1.807) is 12.1 Å². The van der Waals surface area contributed by atoms with Crippen molar-refractivity contribution in [2.24, 2.45) is 0 Å². The molecule has 3 rings (SSSR count). The lowest BCUT2D eigenvalue weighted by atomic mass is 9.91. The number of amides is 1. The van der Waals surface area contributed by atoms with E-state index in [0.29, 0.717) is 41.0 Å². The molecule has 6 nitrogen and oxygen atoms in total. The maximum Gasteiger partial charge on any atom is 0.416 e. The number of halogens is 3. The highest BCUT2D eigenvalue weighted by atomic mass is 19.4. The molecule has 0 spiro atoms. The lowest BCUT2D eigenvalue weighted by molar-refractivity contribution is -0.140. The highest BCUT2D eigenvalue weighted by Gasteiger charge is 2.30. The molecule has 0 N–H and O–H groups in total. The third kappa shape index (κ3) is 7.03. The van der Waals surface area contributed by atoms with Gasteiger partial charge in [0.15, 0.2) is 0 Å². The van der Waals surface area contributed by atoms with Crippen molar-refractivity contribution in [1.82, 2.24) is 4.90 Å². The van der Waals surface area contributed by atoms with Crippen molar-refractivity contribution in [2.45, 2.75) is 25.6 Å². The minimum absolute atomic E-state index is 0.0272. The smallest absolute Gasteiger partial charge is 0.416 e. The molecule has 0 fully saturated rings. The zero-order valence-corrected chi connectivity index (χ0v) is 20.8. The van der Waals surface area contributed by atoms with Gasteiger partial charge in [0, 0.05) is 12.1 Å². The zero-order chi connectivity index (χ0) is 27.0. The summed E-state index contributed by atoms with van der Waals surface area (Å²) in [7, 11) is 3.98. The monoisotopic (exact) mass is 515 g/mol. The van der Waals surface area contributed by atoms with E-state index in [-0.39, 0.29) is 13.0 Å². The molecule has 0 unspecified atom stereocenters. The Morgan fingerprint density at radius 1 is 0.865 bits per heavy atom. The van der Waals surface area contributed by atoms with Gasteiger partial charge in [-0.25, -0.2) is 4.79 Å². The molecule has 0 atom stereocenters. The van der Waals surface area contributed by atoms with E-state index >= 15 is 0 Å². The van der Waals surface area contributed by atoms with E-state index in [1.165, 1.54) is 38.4 Å². The third-order valence-corrected chi connectivity index (χ3v) is 5.95. The van der Waals surface area contributed by atoms with Crippen LogP contribution in [0.2, 0.25) is 0 Å². The first-order valence-electron chi connectivity index (χ1n) is 11.5. The van der Waals surface area contributed by atoms with Crippen molar-refractivity contribution in [3.8, 4) is 16.9 Å². The van der Waals surface area contributed by atoms with Crippen LogP contribution in [0.15, 0.2) is 66.7 Å². The van der Waals surface area contributed by atoms with Gasteiger partial charge in [-0.15, -0.1) is 0 Å². The number of nitrogens with zero attached hydrogens (tertiary/aromatic N) is 1. The average Bonchev–Trinajstić information content (AvgIpc) is 2.91. The second-order valence-electron chi connectivity index (χ2n) is 8.24. The number of alkyl halides is 3. The molecule has 0 heterocycles. The summed E-state index contributed by atoms with van der Waals surface area (Å²) >= 11 is 0. The number of rotatable bonds is 9. The second kappa shape index (κ2) is 12.3. The van der Waals surface area contributed by atoms with Gasteiger partial charge < -0.3 is 19.1 Å². The van der Waals surface area contributed by atoms with Crippen molar-refractivity contribution < 1.29 is 37.0 Å². The van der Waals surface area contributed by atoms with Gasteiger partial charge in [-0.2, -0.15) is 13.2 Å². The van der Waals surface area contributed by atoms with Crippen LogP contribution in [0.3, 0.4) is 0 Å². The average molecular weight is 516 g/mol. The normalized spacial score (nSPS) is 11.1. The quantitative estimate of drug-likeness (QED) is 0.332. The Hall–Kier alpha value is -4.01. The largest absolute Gasteiger partial charge is 0.496 e. The summed E-state index contributed by atoms with van der Waals surface area (Å²) in [4.78, 5) is 26.4. The minimum atomic E-state index is -4.49. The molecule has 0 aliphatic rings. The van der Waals surface area contributed by atoms with Crippen LogP contribution in [0, 0.1) is 0 Å². The highest BCUT2D eigenvalue weighted by Crippen LogP contribution is 2.38. The van der Waals surface area contributed by atoms with Crippen LogP contribution in [0.1, 0.15) is 22.3 Å². The number of methoxy groups -OCH3 is 3. The Bertz CT molecular complexity index is 1210. The van der Waals surface area contributed by atoms with Gasteiger partial charge >= 0.3 is 18.2 Å². The Labute approximate surface area is 213 Å². The Balaban J connectivity index is 2.10. The molecule has 0 aliphatic carbocycles. The summed E-state index contributed by atoms with van der Waals surface area (Å²) in [5.41, 5.74) is 2.24. The molecule has 3 aromatic carbocycles. The molecule has 3 aromatic rings. The number of esters is 1. The standard InChI is InChI=1S/C28H28F3NO5/c1-35-24-14-11-21(17-25(33)36-2)23(26(24)20-9-12-22(13-10-20)28(29,30)31)18-32(27(34)37-3)16-15-19-7-5-4-6-8-19/h4-14H,15-18H2,1-3H3. The van der Waals surface area contributed by atoms with E-state index in [4.69, 9.17) is 14.2 Å². The molecular formula is C28H28F3NO5. The van der Waals surface area contributed by atoms with E-state index in [2.05, 4.69) is 0 Å². The third-order valence-electron chi connectivity index (χ3n) is 5.95. The fourth-order valence-corrected chi connectivity index (χ4v) is 4.02. The summed E-state index contributed by atoms with van der Waals surface area (Å²) in [6.45, 7) is 0.331. The summed E-state index contributed by atoms with van der Waals surface area (Å²) in [5.74, 6) is -0.116. The van der Waals surface area contributed by atoms with E-state index in [0.717, 1.165) is 17.7 Å². The van der Waals surface area contributed by atoms with E-state index in [9.17, 15) is 22.8 Å². The van der Waals surface area contributed by atoms with Gasteiger partial charge in [0.2, 0.25) is 0 Å². The van der Waals surface area contributed by atoms with Crippen LogP contribution in [-0.2, 0) is 39.8 Å². The molecule has 1 amide bonds. The SMILES string of the molecule is COC(=O)Cc1ccc(OC)c(-c2ccc(C(F)(F)F)cc2)c1CN(CCc1ccccc1)C(=O)OC. The minimum Gasteiger partial charge on any atom is -0.496 e. The van der Waals surface area contributed by atoms with Crippen LogP contribution in [0.5, 0.6) is 5.75 Å². The predicted octanol–water partition coefficient (Wildman–Crippen LogP) is 5.91. The van der Waals surface area contributed by atoms with Crippen LogP contribution >= 0.6 is 0 Å². The molecule has 9 heteroatoms. The number of ether oxygens (including phenoxy) is 3. The number of hydrogen-bond acceptors (Lipinski definition) is 5. The van der Waals surface area contributed by atoms with Crippen molar-refractivity contribution >= 4 is 12.1 Å². The Morgan fingerprint density at radius 2 is 1.54 bits per heavy atom. The van der Waals surface area contributed by atoms with Gasteiger partial charge in [-0.1, -0.05) is 48.5 Å². The number of hydrogen-bond donors (Lipinski definition) is 0. The predicted molar refractivity (Wildman–Crippen MR) is 132 cm³/mol. The lowest BCUT2D eigenvalue weighted by Crippen LogP contribution is -2.33. The zero-order valence-electron chi connectivity index (χ0n) is 20.8. The molecule has 0 saturated carbocycles. The number of carbonyl (C=O) groups excluding carboxylic acids is 2. The van der Waals surface area contributed by atoms with Crippen LogP contribution in [0.4, 0.5) is 18.0 Å². The summed E-state index contributed by atoms with van der Waals surface area (Å²) in [5, 5.41) is 0. The second-order valence-corrected chi connectivity index (χ2v) is 8.24. The number of carbonyl (C=O) groups is 2. The van der Waals surface area contributed by atoms with E-state index in [1.807, 2.05) is 30.3 Å². The fourth-order valence-electron chi connectivity index (χ4n) is 4.02. The van der Waals surface area contributed by atoms with Crippen molar-refractivity contribution in [1.29, 1.82) is 0 Å². The van der Waals surface area contributed by atoms with Crippen molar-refractivity contribution in [2.75, 3.05) is 27.9 Å². The molecule has 196 valence electrons. The Kier molecular flexibility index (Phi) is 9.16. The molecule has 0 aromatic heterocycles. The molecule has 37 heavy (non-hydrogen) atoms. The maximum absolute atomic E-state index is 13.2. The molecule has 0 radical (unpaired) electrons. The van der Waals surface area contributed by atoms with Crippen LogP contribution in [-0.4, -0.2) is 44.8 Å². The van der Waals surface area contributed by atoms with Gasteiger partial charge in [0.25, 0.3) is 0 Å². The maximum atomic E-state index is 13.2. The first-order chi connectivity index (χ1) is 17.7. The Morgan fingerprint density at radius 3 is 2.11 bits per heavy atom. The van der Waals surface area contributed by atoms with Gasteiger partial charge in [0.1, 0.15) is 5.75 Å². The molecule has 0 bridgehead atoms. The lowest BCUT2D eigenvalue weighted by Gasteiger charge is -2.26. The summed E-state index contributed by atoms with van der Waals surface area (Å²) in [6, 6.07) is 17.6. The molecular weight excluding hydrogens is 487 g/mol. The number of benzene rings is 3. The van der Waals surface area contributed by atoms with Crippen LogP contribution in [0.25, 0.3) is 11.1 Å². The van der Waals surface area contributed by atoms with Crippen LogP contribution < -0.4 is 4.74 Å². The van der Waals surface area contributed by atoms with E-state index < -0.39 is 23.8 Å².